The van der Waals surface area contributed by atoms with Crippen LogP contribution in [-0.4, -0.2) is 51.0 Å². The fraction of sp³-hybridized carbons (Fsp3) is 0.125. The van der Waals surface area contributed by atoms with Crippen LogP contribution in [0.3, 0.4) is 0 Å². The van der Waals surface area contributed by atoms with E-state index >= 15 is 0 Å². The molecule has 0 aromatic heterocycles. The molecular formula is C32H28N4O4Zn2. The van der Waals surface area contributed by atoms with Crippen molar-refractivity contribution < 1.29 is 59.4 Å². The van der Waals surface area contributed by atoms with Crippen LogP contribution in [0.15, 0.2) is 117 Å². The van der Waals surface area contributed by atoms with Crippen molar-refractivity contribution in [1.82, 2.24) is 0 Å². The smallest absolute Gasteiger partial charge is 0.872 e. The van der Waals surface area contributed by atoms with Crippen molar-refractivity contribution in [1.29, 1.82) is 0 Å². The maximum Gasteiger partial charge on any atom is 2.00 e. The van der Waals surface area contributed by atoms with E-state index in [1.807, 2.05) is 0 Å². The Hall–Kier alpha value is -3.99. The summed E-state index contributed by atoms with van der Waals surface area (Å²) in [6, 6.07) is 26.9. The van der Waals surface area contributed by atoms with E-state index in [-0.39, 0.29) is 62.0 Å². The van der Waals surface area contributed by atoms with Gasteiger partial charge in [0.1, 0.15) is 0 Å². The van der Waals surface area contributed by atoms with Gasteiger partial charge in [0.25, 0.3) is 0 Å². The van der Waals surface area contributed by atoms with Gasteiger partial charge in [-0.1, -0.05) is 97.1 Å². The molecule has 0 aliphatic heterocycles. The Morgan fingerprint density at radius 2 is 0.548 bits per heavy atom. The number of para-hydroxylation sites is 4. The summed E-state index contributed by atoms with van der Waals surface area (Å²) >= 11 is 0. The SMILES string of the molecule is [O-]c1ccccc1C=NCCN=Cc1ccccc1[O-].[O-]c1ccccc1C=NCCN=Cc1ccccc1[O-].[Zn+2].[Zn+2]. The van der Waals surface area contributed by atoms with Crippen molar-refractivity contribution in [3.05, 3.63) is 119 Å². The van der Waals surface area contributed by atoms with E-state index in [9.17, 15) is 20.4 Å². The molecule has 42 heavy (non-hydrogen) atoms. The molecule has 0 aliphatic carbocycles. The van der Waals surface area contributed by atoms with Gasteiger partial charge in [0.15, 0.2) is 0 Å². The minimum absolute atomic E-state index is 0. The molecule has 0 radical (unpaired) electrons. The van der Waals surface area contributed by atoms with Crippen LogP contribution in [0.4, 0.5) is 0 Å². The molecule has 4 aromatic rings. The van der Waals surface area contributed by atoms with Crippen LogP contribution in [0.25, 0.3) is 0 Å². The van der Waals surface area contributed by atoms with Gasteiger partial charge in [0.05, 0.1) is 26.2 Å². The van der Waals surface area contributed by atoms with E-state index in [0.717, 1.165) is 0 Å². The van der Waals surface area contributed by atoms with E-state index < -0.39 is 0 Å². The molecule has 4 aromatic carbocycles. The van der Waals surface area contributed by atoms with E-state index in [1.165, 1.54) is 24.3 Å². The molecule has 0 heterocycles. The Labute approximate surface area is 271 Å². The van der Waals surface area contributed by atoms with Crippen molar-refractivity contribution in [3.63, 3.8) is 0 Å². The summed E-state index contributed by atoms with van der Waals surface area (Å²) in [6.45, 7) is 1.91. The van der Waals surface area contributed by atoms with Crippen LogP contribution in [0.1, 0.15) is 22.3 Å². The summed E-state index contributed by atoms with van der Waals surface area (Å²) in [6.07, 6.45) is 6.22. The Balaban J connectivity index is 0.000000401. The molecule has 0 unspecified atom stereocenters. The number of rotatable bonds is 10. The molecular weight excluding hydrogens is 635 g/mol. The molecule has 0 spiro atoms. The fourth-order valence-corrected chi connectivity index (χ4v) is 3.23. The summed E-state index contributed by atoms with van der Waals surface area (Å²) in [5.74, 6) is -0.167. The first-order chi connectivity index (χ1) is 19.5. The van der Waals surface area contributed by atoms with Crippen LogP contribution < -0.4 is 20.4 Å². The molecule has 0 saturated carbocycles. The van der Waals surface area contributed by atoms with E-state index in [0.29, 0.717) is 48.4 Å². The van der Waals surface area contributed by atoms with Gasteiger partial charge >= 0.3 is 39.0 Å². The second-order valence-corrected chi connectivity index (χ2v) is 8.29. The second kappa shape index (κ2) is 20.8. The van der Waals surface area contributed by atoms with Gasteiger partial charge in [-0.05, 0) is 22.3 Å². The van der Waals surface area contributed by atoms with E-state index in [1.54, 1.807) is 97.7 Å². The van der Waals surface area contributed by atoms with Gasteiger partial charge in [-0.3, -0.25) is 20.0 Å². The summed E-state index contributed by atoms with van der Waals surface area (Å²) in [7, 11) is 0. The predicted molar refractivity (Wildman–Crippen MR) is 153 cm³/mol. The number of benzene rings is 4. The van der Waals surface area contributed by atoms with E-state index in [4.69, 9.17) is 0 Å². The number of hydrogen-bond acceptors (Lipinski definition) is 8. The van der Waals surface area contributed by atoms with Gasteiger partial charge in [-0.15, -0.1) is 23.0 Å². The summed E-state index contributed by atoms with van der Waals surface area (Å²) in [5.41, 5.74) is 2.28. The molecule has 0 fully saturated rings. The average molecular weight is 663 g/mol. The average Bonchev–Trinajstić information content (AvgIpc) is 2.96. The summed E-state index contributed by atoms with van der Waals surface area (Å²) in [4.78, 5) is 16.6. The molecule has 0 N–H and O–H groups in total. The molecule has 0 aliphatic rings. The molecule has 8 nitrogen and oxygen atoms in total. The third-order valence-electron chi connectivity index (χ3n) is 5.31. The van der Waals surface area contributed by atoms with Gasteiger partial charge in [-0.2, -0.15) is 0 Å². The van der Waals surface area contributed by atoms with Crippen molar-refractivity contribution in [2.75, 3.05) is 26.2 Å². The summed E-state index contributed by atoms with van der Waals surface area (Å²) < 4.78 is 0. The Morgan fingerprint density at radius 3 is 0.738 bits per heavy atom. The quantitative estimate of drug-likeness (QED) is 0.146. The van der Waals surface area contributed by atoms with Gasteiger partial charge < -0.3 is 20.4 Å². The zero-order chi connectivity index (χ0) is 28.4. The maximum atomic E-state index is 11.4. The fourth-order valence-electron chi connectivity index (χ4n) is 3.23. The minimum atomic E-state index is -0.0416. The van der Waals surface area contributed by atoms with Crippen LogP contribution in [0, 0.1) is 0 Å². The van der Waals surface area contributed by atoms with Gasteiger partial charge in [-0.25, -0.2) is 0 Å². The molecule has 0 amide bonds. The third kappa shape index (κ3) is 13.1. The predicted octanol–water partition coefficient (Wildman–Crippen LogP) is 2.74. The topological polar surface area (TPSA) is 142 Å². The molecule has 10 heteroatoms. The maximum absolute atomic E-state index is 11.4. The van der Waals surface area contributed by atoms with Crippen LogP contribution in [-0.2, 0) is 39.0 Å². The summed E-state index contributed by atoms with van der Waals surface area (Å²) in [5, 5.41) is 45.6. The Bertz CT molecular complexity index is 1250. The normalized spacial score (nSPS) is 10.9. The van der Waals surface area contributed by atoms with Crippen LogP contribution >= 0.6 is 0 Å². The number of aliphatic imine (C=N–C) groups is 4. The molecule has 0 atom stereocenters. The standard InChI is InChI=1S/2C16H16N2O2.2Zn/c2*19-15-7-3-1-5-13(15)11-17-9-10-18-12-14-6-2-4-8-16(14)20;;/h2*1-8,11-12,19-20H,9-10H2;;/q;;2*+2/p-4. The van der Waals surface area contributed by atoms with Crippen LogP contribution in [0.5, 0.6) is 23.0 Å². The minimum Gasteiger partial charge on any atom is -0.872 e. The largest absolute Gasteiger partial charge is 2.00 e. The van der Waals surface area contributed by atoms with Crippen molar-refractivity contribution in [2.45, 2.75) is 0 Å². The molecule has 204 valence electrons. The first-order valence-electron chi connectivity index (χ1n) is 12.6. The second-order valence-electron chi connectivity index (χ2n) is 8.29. The van der Waals surface area contributed by atoms with Gasteiger partial charge in [0, 0.05) is 24.9 Å². The Morgan fingerprint density at radius 1 is 0.357 bits per heavy atom. The number of hydrogen-bond donors (Lipinski definition) is 0. The third-order valence-corrected chi connectivity index (χ3v) is 5.31. The molecule has 4 rings (SSSR count). The first kappa shape index (κ1) is 36.0. The Kier molecular flexibility index (Phi) is 17.9. The monoisotopic (exact) mass is 660 g/mol. The van der Waals surface area contributed by atoms with Crippen molar-refractivity contribution in [2.24, 2.45) is 20.0 Å². The number of nitrogens with zero attached hydrogens (tertiary/aromatic N) is 4. The van der Waals surface area contributed by atoms with Gasteiger partial charge in [0.2, 0.25) is 0 Å². The van der Waals surface area contributed by atoms with E-state index in [2.05, 4.69) is 20.0 Å². The molecule has 0 saturated heterocycles. The van der Waals surface area contributed by atoms with Crippen molar-refractivity contribution >= 4 is 24.9 Å². The first-order valence-corrected chi connectivity index (χ1v) is 12.6. The zero-order valence-electron chi connectivity index (χ0n) is 23.2. The molecule has 0 bridgehead atoms. The van der Waals surface area contributed by atoms with Crippen molar-refractivity contribution in [3.8, 4) is 23.0 Å². The van der Waals surface area contributed by atoms with Crippen LogP contribution in [0.2, 0.25) is 0 Å². The zero-order valence-corrected chi connectivity index (χ0v) is 29.1.